The second-order valence-electron chi connectivity index (χ2n) is 6.66. The quantitative estimate of drug-likeness (QED) is 0.773. The molecular weight excluding hydrogens is 302 g/mol. The topological polar surface area (TPSA) is 29.9 Å². The van der Waals surface area contributed by atoms with E-state index in [1.807, 2.05) is 18.7 Å². The van der Waals surface area contributed by atoms with Gasteiger partial charge in [0.25, 0.3) is 0 Å². The smallest absolute Gasteiger partial charge is 0.0738 e. The second-order valence-corrected chi connectivity index (χ2v) is 7.45. The molecule has 0 aliphatic rings. The summed E-state index contributed by atoms with van der Waals surface area (Å²) in [5.74, 6) is 0.719. The number of rotatable bonds is 7. The van der Waals surface area contributed by atoms with Crippen LogP contribution in [0.2, 0.25) is 0 Å². The Hall–Kier alpha value is -0.350. The van der Waals surface area contributed by atoms with E-state index in [1.54, 1.807) is 0 Å². The largest absolute Gasteiger partial charge is 0.316 e. The van der Waals surface area contributed by atoms with E-state index >= 15 is 0 Å². The van der Waals surface area contributed by atoms with Crippen molar-refractivity contribution in [2.24, 2.45) is 18.4 Å². The Kier molecular flexibility index (Phi) is 6.06. The summed E-state index contributed by atoms with van der Waals surface area (Å²) in [6.07, 6.45) is 2.23. The van der Waals surface area contributed by atoms with Gasteiger partial charge in [-0.25, -0.2) is 0 Å². The van der Waals surface area contributed by atoms with E-state index < -0.39 is 0 Å². The van der Waals surface area contributed by atoms with E-state index in [2.05, 4.69) is 54.0 Å². The van der Waals surface area contributed by atoms with Gasteiger partial charge in [-0.3, -0.25) is 4.68 Å². The first-order valence-electron chi connectivity index (χ1n) is 7.11. The Labute approximate surface area is 126 Å². The van der Waals surface area contributed by atoms with Gasteiger partial charge in [-0.15, -0.1) is 0 Å². The molecule has 0 amide bonds. The Morgan fingerprint density at radius 2 is 2.00 bits per heavy atom. The zero-order valence-electron chi connectivity index (χ0n) is 13.2. The maximum atomic E-state index is 4.47. The van der Waals surface area contributed by atoms with Crippen molar-refractivity contribution in [1.29, 1.82) is 0 Å². The molecule has 110 valence electrons. The summed E-state index contributed by atoms with van der Waals surface area (Å²) in [6.45, 7) is 13.4. The summed E-state index contributed by atoms with van der Waals surface area (Å²) < 4.78 is 3.17. The Morgan fingerprint density at radius 3 is 2.47 bits per heavy atom. The zero-order chi connectivity index (χ0) is 14.6. The minimum absolute atomic E-state index is 0.284. The highest BCUT2D eigenvalue weighted by Gasteiger charge is 2.22. The second kappa shape index (κ2) is 6.89. The van der Waals surface area contributed by atoms with Crippen LogP contribution in [0.4, 0.5) is 0 Å². The molecule has 1 N–H and O–H groups in total. The molecule has 1 rings (SSSR count). The minimum Gasteiger partial charge on any atom is -0.316 e. The van der Waals surface area contributed by atoms with Crippen LogP contribution in [0.1, 0.15) is 45.5 Å². The number of halogens is 1. The fraction of sp³-hybridized carbons (Fsp3) is 0.800. The fourth-order valence-electron chi connectivity index (χ4n) is 2.23. The Balaban J connectivity index is 2.54. The van der Waals surface area contributed by atoms with E-state index in [0.717, 1.165) is 31.1 Å². The molecular formula is C15H28BrN3. The van der Waals surface area contributed by atoms with E-state index in [0.29, 0.717) is 0 Å². The lowest BCUT2D eigenvalue weighted by atomic mass is 9.84. The first-order valence-corrected chi connectivity index (χ1v) is 7.91. The lowest BCUT2D eigenvalue weighted by Gasteiger charge is -2.25. The van der Waals surface area contributed by atoms with Gasteiger partial charge >= 0.3 is 0 Å². The van der Waals surface area contributed by atoms with Gasteiger partial charge < -0.3 is 5.32 Å². The molecule has 19 heavy (non-hydrogen) atoms. The number of hydrogen-bond acceptors (Lipinski definition) is 2. The summed E-state index contributed by atoms with van der Waals surface area (Å²) in [5, 5.41) is 8.00. The maximum Gasteiger partial charge on any atom is 0.0738 e. The van der Waals surface area contributed by atoms with Crippen LogP contribution in [-0.4, -0.2) is 22.9 Å². The summed E-state index contributed by atoms with van der Waals surface area (Å²) >= 11 is 3.66. The molecule has 4 heteroatoms. The van der Waals surface area contributed by atoms with E-state index in [9.17, 15) is 0 Å². The third-order valence-electron chi connectivity index (χ3n) is 3.44. The van der Waals surface area contributed by atoms with Crippen LogP contribution in [-0.2, 0) is 13.5 Å². The molecule has 0 saturated carbocycles. The van der Waals surface area contributed by atoms with Gasteiger partial charge in [-0.1, -0.05) is 27.7 Å². The number of aryl methyl sites for hydroxylation is 2. The Morgan fingerprint density at radius 1 is 1.37 bits per heavy atom. The van der Waals surface area contributed by atoms with E-state index in [1.165, 1.54) is 16.6 Å². The number of hydrogen-bond donors (Lipinski definition) is 1. The van der Waals surface area contributed by atoms with Crippen molar-refractivity contribution in [3.8, 4) is 0 Å². The third-order valence-corrected chi connectivity index (χ3v) is 4.47. The summed E-state index contributed by atoms with van der Waals surface area (Å²) in [6, 6.07) is 0. The lowest BCUT2D eigenvalue weighted by molar-refractivity contribution is 0.314. The predicted octanol–water partition coefficient (Wildman–Crippen LogP) is 3.70. The van der Waals surface area contributed by atoms with Gasteiger partial charge in [0.05, 0.1) is 15.9 Å². The normalized spacial score (nSPS) is 12.4. The van der Waals surface area contributed by atoms with Crippen LogP contribution in [0.25, 0.3) is 0 Å². The average molecular weight is 330 g/mol. The van der Waals surface area contributed by atoms with Crippen molar-refractivity contribution in [1.82, 2.24) is 15.1 Å². The number of aromatic nitrogens is 2. The maximum absolute atomic E-state index is 4.47. The van der Waals surface area contributed by atoms with Gasteiger partial charge in [0, 0.05) is 7.05 Å². The predicted molar refractivity (Wildman–Crippen MR) is 85.5 cm³/mol. The molecule has 0 aliphatic carbocycles. The molecule has 0 spiro atoms. The molecule has 0 aromatic carbocycles. The van der Waals surface area contributed by atoms with Crippen molar-refractivity contribution >= 4 is 15.9 Å². The molecule has 1 aromatic rings. The molecule has 0 aliphatic heterocycles. The first kappa shape index (κ1) is 16.7. The van der Waals surface area contributed by atoms with E-state index in [-0.39, 0.29) is 5.41 Å². The summed E-state index contributed by atoms with van der Waals surface area (Å²) in [7, 11) is 2.03. The molecule has 0 saturated heterocycles. The number of nitrogens with one attached hydrogen (secondary N) is 1. The zero-order valence-corrected chi connectivity index (χ0v) is 14.8. The molecule has 0 bridgehead atoms. The van der Waals surface area contributed by atoms with Gasteiger partial charge in [0.1, 0.15) is 0 Å². The minimum atomic E-state index is 0.284. The average Bonchev–Trinajstić information content (AvgIpc) is 2.51. The third kappa shape index (κ3) is 5.27. The highest BCUT2D eigenvalue weighted by atomic mass is 79.9. The number of nitrogens with zero attached hydrogens (tertiary/aromatic N) is 2. The van der Waals surface area contributed by atoms with E-state index in [4.69, 9.17) is 0 Å². The van der Waals surface area contributed by atoms with Crippen molar-refractivity contribution in [3.05, 3.63) is 15.9 Å². The molecule has 0 unspecified atom stereocenters. The van der Waals surface area contributed by atoms with Crippen LogP contribution in [0.15, 0.2) is 4.47 Å². The van der Waals surface area contributed by atoms with Crippen molar-refractivity contribution in [2.45, 2.75) is 47.5 Å². The van der Waals surface area contributed by atoms with Crippen molar-refractivity contribution in [2.75, 3.05) is 13.1 Å². The van der Waals surface area contributed by atoms with Crippen LogP contribution in [0.5, 0.6) is 0 Å². The first-order chi connectivity index (χ1) is 8.73. The highest BCUT2D eigenvalue weighted by molar-refractivity contribution is 9.10. The van der Waals surface area contributed by atoms with Gasteiger partial charge in [0.2, 0.25) is 0 Å². The van der Waals surface area contributed by atoms with Gasteiger partial charge in [-0.05, 0) is 60.1 Å². The highest BCUT2D eigenvalue weighted by Crippen LogP contribution is 2.30. The molecule has 3 nitrogen and oxygen atoms in total. The Bertz CT molecular complexity index is 408. The summed E-state index contributed by atoms with van der Waals surface area (Å²) in [5.41, 5.74) is 2.66. The molecule has 0 fully saturated rings. The van der Waals surface area contributed by atoms with Gasteiger partial charge in [-0.2, -0.15) is 5.10 Å². The standard InChI is InChI=1S/C15H28BrN3/c1-11(2)10-17-8-7-15(4,5)9-13-14(16)12(3)18-19(13)6/h11,17H,7-10H2,1-6H3. The SMILES string of the molecule is Cc1nn(C)c(CC(C)(C)CCNCC(C)C)c1Br. The van der Waals surface area contributed by atoms with Crippen molar-refractivity contribution < 1.29 is 0 Å². The van der Waals surface area contributed by atoms with Crippen LogP contribution >= 0.6 is 15.9 Å². The fourth-order valence-corrected chi connectivity index (χ4v) is 2.71. The molecule has 0 radical (unpaired) electrons. The van der Waals surface area contributed by atoms with Crippen LogP contribution in [0, 0.1) is 18.3 Å². The van der Waals surface area contributed by atoms with Crippen LogP contribution in [0.3, 0.4) is 0 Å². The lowest BCUT2D eigenvalue weighted by Crippen LogP contribution is -2.27. The molecule has 1 aromatic heterocycles. The molecule has 0 atom stereocenters. The monoisotopic (exact) mass is 329 g/mol. The summed E-state index contributed by atoms with van der Waals surface area (Å²) in [4.78, 5) is 0. The van der Waals surface area contributed by atoms with Crippen molar-refractivity contribution in [3.63, 3.8) is 0 Å². The van der Waals surface area contributed by atoms with Crippen LogP contribution < -0.4 is 5.32 Å². The molecule has 1 heterocycles. The van der Waals surface area contributed by atoms with Gasteiger partial charge in [0.15, 0.2) is 0 Å².